The minimum Gasteiger partial charge on any atom is -0.369 e. The molecule has 140 valence electrons. The van der Waals surface area contributed by atoms with Crippen LogP contribution in [0.25, 0.3) is 0 Å². The summed E-state index contributed by atoms with van der Waals surface area (Å²) in [7, 11) is 0. The number of rotatable bonds is 5. The van der Waals surface area contributed by atoms with E-state index in [2.05, 4.69) is 46.1 Å². The van der Waals surface area contributed by atoms with Crippen molar-refractivity contribution in [3.8, 4) is 0 Å². The molecule has 4 heteroatoms. The van der Waals surface area contributed by atoms with E-state index in [1.807, 2.05) is 31.5 Å². The standard InChI is InChI=1S/C23H27N3O/c1-17-15-26(16-25-17)21-13-12-20(14-21)23(22(24)27,18-8-4-2-5-9-18)19-10-6-3-7-11-19/h2,4-6,8-11,15-16,20-21H,3,7,12-14H2,1H3,(H2,24,27)/t20?,21?,23-/m1/s1. The highest BCUT2D eigenvalue weighted by molar-refractivity contribution is 5.92. The van der Waals surface area contributed by atoms with E-state index in [-0.39, 0.29) is 11.8 Å². The van der Waals surface area contributed by atoms with Crippen LogP contribution in [0.4, 0.5) is 0 Å². The van der Waals surface area contributed by atoms with Gasteiger partial charge >= 0.3 is 0 Å². The maximum absolute atomic E-state index is 13.1. The van der Waals surface area contributed by atoms with E-state index in [4.69, 9.17) is 5.73 Å². The van der Waals surface area contributed by atoms with Crippen molar-refractivity contribution in [1.29, 1.82) is 0 Å². The molecule has 1 heterocycles. The number of hydrogen-bond acceptors (Lipinski definition) is 2. The number of carbonyl (C=O) groups is 1. The Hall–Kier alpha value is -2.62. The van der Waals surface area contributed by atoms with Crippen LogP contribution in [0.3, 0.4) is 0 Å². The molecular weight excluding hydrogens is 334 g/mol. The Morgan fingerprint density at radius 3 is 2.67 bits per heavy atom. The number of aryl methyl sites for hydroxylation is 1. The topological polar surface area (TPSA) is 60.9 Å². The van der Waals surface area contributed by atoms with Gasteiger partial charge in [-0.15, -0.1) is 0 Å². The van der Waals surface area contributed by atoms with Crippen LogP contribution in [-0.4, -0.2) is 15.5 Å². The number of hydrogen-bond donors (Lipinski definition) is 1. The number of nitrogens with two attached hydrogens (primary N) is 1. The third-order valence-corrected chi connectivity index (χ3v) is 6.24. The largest absolute Gasteiger partial charge is 0.369 e. The molecule has 0 bridgehead atoms. The first-order valence-corrected chi connectivity index (χ1v) is 9.85. The van der Waals surface area contributed by atoms with Gasteiger partial charge in [-0.25, -0.2) is 4.98 Å². The van der Waals surface area contributed by atoms with Crippen molar-refractivity contribution in [3.63, 3.8) is 0 Å². The van der Waals surface area contributed by atoms with Gasteiger partial charge < -0.3 is 10.3 Å². The molecule has 3 atom stereocenters. The molecule has 4 rings (SSSR count). The SMILES string of the molecule is Cc1cn(C2CCC([C@](C(N)=O)(C3=CCCC=C3)c3ccccc3)C2)cn1. The number of benzene rings is 1. The normalized spacial score (nSPS) is 24.4. The molecule has 1 fully saturated rings. The zero-order chi connectivity index (χ0) is 18.9. The van der Waals surface area contributed by atoms with Gasteiger partial charge in [0.25, 0.3) is 0 Å². The Balaban J connectivity index is 1.77. The molecule has 2 N–H and O–H groups in total. The van der Waals surface area contributed by atoms with Crippen molar-refractivity contribution in [2.45, 2.75) is 50.5 Å². The lowest BCUT2D eigenvalue weighted by Crippen LogP contribution is -2.48. The first-order chi connectivity index (χ1) is 13.1. The van der Waals surface area contributed by atoms with E-state index in [1.165, 1.54) is 0 Å². The Morgan fingerprint density at radius 2 is 2.04 bits per heavy atom. The molecule has 1 saturated carbocycles. The Kier molecular flexibility index (Phi) is 4.73. The average Bonchev–Trinajstić information content (AvgIpc) is 3.33. The van der Waals surface area contributed by atoms with Crippen molar-refractivity contribution in [2.24, 2.45) is 11.7 Å². The van der Waals surface area contributed by atoms with Gasteiger partial charge in [0.05, 0.1) is 12.0 Å². The van der Waals surface area contributed by atoms with Gasteiger partial charge in [-0.2, -0.15) is 0 Å². The predicted octanol–water partition coefficient (Wildman–Crippen LogP) is 4.23. The molecule has 0 radical (unpaired) electrons. The molecule has 0 aliphatic heterocycles. The van der Waals surface area contributed by atoms with Crippen LogP contribution >= 0.6 is 0 Å². The van der Waals surface area contributed by atoms with Crippen LogP contribution in [0.2, 0.25) is 0 Å². The molecule has 1 amide bonds. The monoisotopic (exact) mass is 361 g/mol. The first kappa shape index (κ1) is 17.8. The van der Waals surface area contributed by atoms with Crippen LogP contribution in [-0.2, 0) is 10.2 Å². The van der Waals surface area contributed by atoms with E-state index in [9.17, 15) is 4.79 Å². The lowest BCUT2D eigenvalue weighted by atomic mass is 9.63. The molecule has 0 saturated heterocycles. The number of carbonyl (C=O) groups excluding carboxylic acids is 1. The minimum absolute atomic E-state index is 0.180. The van der Waals surface area contributed by atoms with Crippen LogP contribution in [0.1, 0.15) is 49.4 Å². The summed E-state index contributed by atoms with van der Waals surface area (Å²) in [5, 5.41) is 0. The summed E-state index contributed by atoms with van der Waals surface area (Å²) >= 11 is 0. The fourth-order valence-corrected chi connectivity index (χ4v) is 4.99. The van der Waals surface area contributed by atoms with E-state index in [0.29, 0.717) is 6.04 Å². The number of nitrogens with zero attached hydrogens (tertiary/aromatic N) is 2. The Morgan fingerprint density at radius 1 is 1.22 bits per heavy atom. The Bertz CT molecular complexity index is 880. The second-order valence-electron chi connectivity index (χ2n) is 7.80. The van der Waals surface area contributed by atoms with Gasteiger partial charge in [0.2, 0.25) is 5.91 Å². The molecular formula is C23H27N3O. The van der Waals surface area contributed by atoms with Gasteiger partial charge in [0, 0.05) is 12.2 Å². The molecule has 1 aromatic heterocycles. The highest BCUT2D eigenvalue weighted by Crippen LogP contribution is 2.50. The molecule has 4 nitrogen and oxygen atoms in total. The van der Waals surface area contributed by atoms with Gasteiger partial charge in [-0.05, 0) is 56.1 Å². The minimum atomic E-state index is -0.761. The van der Waals surface area contributed by atoms with Crippen LogP contribution < -0.4 is 5.73 Å². The molecule has 2 aliphatic carbocycles. The zero-order valence-electron chi connectivity index (χ0n) is 15.8. The summed E-state index contributed by atoms with van der Waals surface area (Å²) in [6, 6.07) is 10.5. The van der Waals surface area contributed by atoms with Gasteiger partial charge in [-0.1, -0.05) is 48.6 Å². The van der Waals surface area contributed by atoms with Crippen molar-refractivity contribution < 1.29 is 4.79 Å². The van der Waals surface area contributed by atoms with Gasteiger partial charge in [0.1, 0.15) is 5.41 Å². The highest BCUT2D eigenvalue weighted by Gasteiger charge is 2.50. The molecule has 2 aromatic rings. The summed E-state index contributed by atoms with van der Waals surface area (Å²) in [4.78, 5) is 17.5. The quantitative estimate of drug-likeness (QED) is 0.866. The number of primary amides is 1. The summed E-state index contributed by atoms with van der Waals surface area (Å²) in [6.07, 6.45) is 15.4. The molecule has 1 aromatic carbocycles. The summed E-state index contributed by atoms with van der Waals surface area (Å²) < 4.78 is 2.21. The lowest BCUT2D eigenvalue weighted by Gasteiger charge is -2.39. The molecule has 27 heavy (non-hydrogen) atoms. The highest BCUT2D eigenvalue weighted by atomic mass is 16.1. The van der Waals surface area contributed by atoms with Gasteiger partial charge in [0.15, 0.2) is 0 Å². The summed E-state index contributed by atoms with van der Waals surface area (Å²) in [5.41, 5.74) is 8.52. The lowest BCUT2D eigenvalue weighted by molar-refractivity contribution is -0.124. The van der Waals surface area contributed by atoms with Crippen LogP contribution in [0, 0.1) is 12.8 Å². The molecule has 2 unspecified atom stereocenters. The maximum Gasteiger partial charge on any atom is 0.232 e. The predicted molar refractivity (Wildman–Crippen MR) is 107 cm³/mol. The van der Waals surface area contributed by atoms with E-state index in [0.717, 1.165) is 48.9 Å². The average molecular weight is 361 g/mol. The number of imidazole rings is 1. The van der Waals surface area contributed by atoms with Crippen molar-refractivity contribution in [1.82, 2.24) is 9.55 Å². The van der Waals surface area contributed by atoms with Crippen molar-refractivity contribution in [2.75, 3.05) is 0 Å². The van der Waals surface area contributed by atoms with Crippen molar-refractivity contribution >= 4 is 5.91 Å². The van der Waals surface area contributed by atoms with E-state index >= 15 is 0 Å². The number of allylic oxidation sites excluding steroid dienone is 3. The van der Waals surface area contributed by atoms with Crippen LogP contribution in [0.15, 0.2) is 66.7 Å². The second-order valence-corrected chi connectivity index (χ2v) is 7.80. The summed E-state index contributed by atoms with van der Waals surface area (Å²) in [5.74, 6) is -0.0573. The van der Waals surface area contributed by atoms with Gasteiger partial charge in [-0.3, -0.25) is 4.79 Å². The first-order valence-electron chi connectivity index (χ1n) is 9.85. The summed E-state index contributed by atoms with van der Waals surface area (Å²) in [6.45, 7) is 2.01. The maximum atomic E-state index is 13.1. The number of aromatic nitrogens is 2. The van der Waals surface area contributed by atoms with E-state index < -0.39 is 5.41 Å². The fourth-order valence-electron chi connectivity index (χ4n) is 4.99. The fraction of sp³-hybridized carbons (Fsp3) is 0.391. The Labute approximate surface area is 160 Å². The smallest absolute Gasteiger partial charge is 0.232 e. The molecule has 2 aliphatic rings. The van der Waals surface area contributed by atoms with E-state index in [1.54, 1.807) is 0 Å². The third kappa shape index (κ3) is 3.03. The van der Waals surface area contributed by atoms with Crippen LogP contribution in [0.5, 0.6) is 0 Å². The zero-order valence-corrected chi connectivity index (χ0v) is 15.8. The molecule has 0 spiro atoms. The second kappa shape index (κ2) is 7.18. The number of amides is 1. The van der Waals surface area contributed by atoms with Crippen molar-refractivity contribution in [3.05, 3.63) is 77.9 Å². The third-order valence-electron chi connectivity index (χ3n) is 6.24.